The number of aliphatic carboxylic acids is 1. The van der Waals surface area contributed by atoms with Gasteiger partial charge in [0, 0.05) is 18.2 Å². The van der Waals surface area contributed by atoms with Crippen molar-refractivity contribution in [3.63, 3.8) is 0 Å². The second-order valence-electron chi connectivity index (χ2n) is 3.01. The van der Waals surface area contributed by atoms with Crippen LogP contribution in [0.2, 0.25) is 5.02 Å². The molecule has 1 unspecified atom stereocenters. The van der Waals surface area contributed by atoms with Gasteiger partial charge in [-0.05, 0) is 12.1 Å². The smallest absolute Gasteiger partial charge is 0.347 e. The molecule has 0 saturated carbocycles. The molecule has 6 heteroatoms. The van der Waals surface area contributed by atoms with Crippen molar-refractivity contribution in [2.75, 3.05) is 13.7 Å². The van der Waals surface area contributed by atoms with Crippen LogP contribution in [0.5, 0.6) is 5.75 Å². The van der Waals surface area contributed by atoms with Crippen LogP contribution in [0.1, 0.15) is 0 Å². The highest BCUT2D eigenvalue weighted by atomic mass is 35.5. The quantitative estimate of drug-likeness (QED) is 0.865. The lowest BCUT2D eigenvalue weighted by Gasteiger charge is -2.14. The molecule has 0 fully saturated rings. The highest BCUT2D eigenvalue weighted by molar-refractivity contribution is 6.30. The Balaban J connectivity index is 2.80. The van der Waals surface area contributed by atoms with Crippen molar-refractivity contribution in [2.24, 2.45) is 0 Å². The van der Waals surface area contributed by atoms with E-state index in [0.29, 0.717) is 0 Å². The Morgan fingerprint density at radius 1 is 1.56 bits per heavy atom. The van der Waals surface area contributed by atoms with Crippen molar-refractivity contribution in [2.45, 2.75) is 6.10 Å². The van der Waals surface area contributed by atoms with Crippen molar-refractivity contribution in [1.82, 2.24) is 0 Å². The standard InChI is InChI=1S/C10H10ClFO4/c1-15-5-9(10(13)14)16-8-3-6(11)2-7(12)4-8/h2-4,9H,5H2,1H3,(H,13,14). The lowest BCUT2D eigenvalue weighted by atomic mass is 10.3. The first-order valence-corrected chi connectivity index (χ1v) is 4.75. The van der Waals surface area contributed by atoms with Gasteiger partial charge in [-0.2, -0.15) is 0 Å². The summed E-state index contributed by atoms with van der Waals surface area (Å²) < 4.78 is 22.6. The molecule has 4 nitrogen and oxygen atoms in total. The van der Waals surface area contributed by atoms with E-state index >= 15 is 0 Å². The van der Waals surface area contributed by atoms with Crippen LogP contribution >= 0.6 is 11.6 Å². The van der Waals surface area contributed by atoms with E-state index in [2.05, 4.69) is 4.74 Å². The SMILES string of the molecule is COCC(Oc1cc(F)cc(Cl)c1)C(=O)O. The van der Waals surface area contributed by atoms with Gasteiger partial charge in [0.1, 0.15) is 11.6 Å². The zero-order valence-electron chi connectivity index (χ0n) is 8.44. The van der Waals surface area contributed by atoms with Crippen molar-refractivity contribution in [3.8, 4) is 5.75 Å². The van der Waals surface area contributed by atoms with E-state index in [9.17, 15) is 9.18 Å². The van der Waals surface area contributed by atoms with Crippen LogP contribution in [-0.4, -0.2) is 30.9 Å². The van der Waals surface area contributed by atoms with Crippen molar-refractivity contribution in [1.29, 1.82) is 0 Å². The van der Waals surface area contributed by atoms with Crippen LogP contribution in [0.25, 0.3) is 0 Å². The fourth-order valence-electron chi connectivity index (χ4n) is 1.07. The predicted molar refractivity (Wildman–Crippen MR) is 55.3 cm³/mol. The molecule has 0 heterocycles. The summed E-state index contributed by atoms with van der Waals surface area (Å²) in [7, 11) is 1.35. The second kappa shape index (κ2) is 5.67. The number of methoxy groups -OCH3 is 1. The molecule has 1 N–H and O–H groups in total. The third-order valence-electron chi connectivity index (χ3n) is 1.71. The molecule has 16 heavy (non-hydrogen) atoms. The molecule has 0 aromatic heterocycles. The van der Waals surface area contributed by atoms with E-state index in [-0.39, 0.29) is 17.4 Å². The summed E-state index contributed by atoms with van der Waals surface area (Å²) in [5, 5.41) is 8.91. The number of carboxylic acid groups (broad SMARTS) is 1. The van der Waals surface area contributed by atoms with Gasteiger partial charge in [0.25, 0.3) is 0 Å². The number of carboxylic acids is 1. The minimum atomic E-state index is -1.19. The van der Waals surface area contributed by atoms with Crippen LogP contribution in [-0.2, 0) is 9.53 Å². The van der Waals surface area contributed by atoms with Crippen molar-refractivity contribution >= 4 is 17.6 Å². The molecular formula is C10H10ClFO4. The minimum Gasteiger partial charge on any atom is -0.478 e. The highest BCUT2D eigenvalue weighted by Crippen LogP contribution is 2.21. The van der Waals surface area contributed by atoms with Gasteiger partial charge in [-0.1, -0.05) is 11.6 Å². The number of halogens is 2. The Hall–Kier alpha value is -1.33. The van der Waals surface area contributed by atoms with Gasteiger partial charge in [-0.15, -0.1) is 0 Å². The first-order chi connectivity index (χ1) is 7.52. The van der Waals surface area contributed by atoms with Gasteiger partial charge in [0.2, 0.25) is 6.10 Å². The first-order valence-electron chi connectivity index (χ1n) is 4.37. The normalized spacial score (nSPS) is 12.2. The summed E-state index contributed by atoms with van der Waals surface area (Å²) in [5.74, 6) is -1.74. The third kappa shape index (κ3) is 3.67. The molecule has 1 atom stereocenters. The molecule has 1 rings (SSSR count). The number of ether oxygens (including phenoxy) is 2. The summed E-state index contributed by atoms with van der Waals surface area (Å²) in [6.07, 6.45) is -1.19. The first kappa shape index (κ1) is 12.7. The summed E-state index contributed by atoms with van der Waals surface area (Å²) in [6, 6.07) is 3.48. The summed E-state index contributed by atoms with van der Waals surface area (Å²) in [5.41, 5.74) is 0. The molecule has 88 valence electrons. The fraction of sp³-hybridized carbons (Fsp3) is 0.300. The van der Waals surface area contributed by atoms with Crippen molar-refractivity contribution < 1.29 is 23.8 Å². The van der Waals surface area contributed by atoms with Gasteiger partial charge in [-0.3, -0.25) is 0 Å². The average molecular weight is 249 g/mol. The van der Waals surface area contributed by atoms with Gasteiger partial charge in [0.05, 0.1) is 6.61 Å². The van der Waals surface area contributed by atoms with Crippen LogP contribution in [0.15, 0.2) is 18.2 Å². The summed E-state index contributed by atoms with van der Waals surface area (Å²) in [4.78, 5) is 10.7. The Kier molecular flexibility index (Phi) is 4.52. The number of hydrogen-bond donors (Lipinski definition) is 1. The monoisotopic (exact) mass is 248 g/mol. The molecule has 0 aliphatic carbocycles. The number of hydrogen-bond acceptors (Lipinski definition) is 3. The zero-order chi connectivity index (χ0) is 12.1. The zero-order valence-corrected chi connectivity index (χ0v) is 9.20. The molecule has 0 aliphatic heterocycles. The van der Waals surface area contributed by atoms with Gasteiger partial charge < -0.3 is 14.6 Å². The lowest BCUT2D eigenvalue weighted by Crippen LogP contribution is -2.31. The van der Waals surface area contributed by atoms with Crippen LogP contribution in [0, 0.1) is 5.82 Å². The molecule has 0 radical (unpaired) electrons. The van der Waals surface area contributed by atoms with Crippen LogP contribution in [0.4, 0.5) is 4.39 Å². The van der Waals surface area contributed by atoms with Gasteiger partial charge in [0.15, 0.2) is 0 Å². The molecular weight excluding hydrogens is 239 g/mol. The van der Waals surface area contributed by atoms with Crippen molar-refractivity contribution in [3.05, 3.63) is 29.0 Å². The minimum absolute atomic E-state index is 0.0504. The number of rotatable bonds is 5. The number of benzene rings is 1. The summed E-state index contributed by atoms with van der Waals surface area (Å²) >= 11 is 5.59. The van der Waals surface area contributed by atoms with Crippen LogP contribution < -0.4 is 4.74 Å². The van der Waals surface area contributed by atoms with Gasteiger partial charge in [-0.25, -0.2) is 9.18 Å². The molecule has 0 spiro atoms. The maximum Gasteiger partial charge on any atom is 0.347 e. The van der Waals surface area contributed by atoms with E-state index < -0.39 is 17.9 Å². The van der Waals surface area contributed by atoms with E-state index in [0.717, 1.165) is 12.1 Å². The van der Waals surface area contributed by atoms with E-state index in [4.69, 9.17) is 21.4 Å². The molecule has 1 aromatic rings. The molecule has 0 aliphatic rings. The maximum absolute atomic E-state index is 12.9. The molecule has 1 aromatic carbocycles. The summed E-state index contributed by atoms with van der Waals surface area (Å²) in [6.45, 7) is -0.135. The maximum atomic E-state index is 12.9. The van der Waals surface area contributed by atoms with Gasteiger partial charge >= 0.3 is 5.97 Å². The average Bonchev–Trinajstić information content (AvgIpc) is 2.15. The molecule has 0 bridgehead atoms. The Morgan fingerprint density at radius 2 is 2.25 bits per heavy atom. The van der Waals surface area contributed by atoms with E-state index in [1.54, 1.807) is 0 Å². The predicted octanol–water partition coefficient (Wildman–Crippen LogP) is 1.96. The molecule has 0 amide bonds. The Labute approximate surface area is 96.5 Å². The van der Waals surface area contributed by atoms with E-state index in [1.807, 2.05) is 0 Å². The fourth-order valence-corrected chi connectivity index (χ4v) is 1.28. The van der Waals surface area contributed by atoms with E-state index in [1.165, 1.54) is 13.2 Å². The highest BCUT2D eigenvalue weighted by Gasteiger charge is 2.19. The largest absolute Gasteiger partial charge is 0.478 e. The Morgan fingerprint density at radius 3 is 2.75 bits per heavy atom. The second-order valence-corrected chi connectivity index (χ2v) is 3.44. The molecule has 0 saturated heterocycles. The third-order valence-corrected chi connectivity index (χ3v) is 1.93. The van der Waals surface area contributed by atoms with Crippen LogP contribution in [0.3, 0.4) is 0 Å². The Bertz CT molecular complexity index is 363. The lowest BCUT2D eigenvalue weighted by molar-refractivity contribution is -0.147. The topological polar surface area (TPSA) is 55.8 Å². The number of carbonyl (C=O) groups is 1.